The lowest BCUT2D eigenvalue weighted by Gasteiger charge is -2.03. The normalized spacial score (nSPS) is 8.10. The van der Waals surface area contributed by atoms with Gasteiger partial charge in [0.15, 0.2) is 5.96 Å². The number of guanidine groups is 2. The quantitative estimate of drug-likeness (QED) is 0.185. The molecule has 0 aliphatic rings. The molecule has 0 aromatic heterocycles. The molecule has 0 aliphatic heterocycles. The summed E-state index contributed by atoms with van der Waals surface area (Å²) in [6.07, 6.45) is 0. The Morgan fingerprint density at radius 1 is 1.60 bits per heavy atom. The van der Waals surface area contributed by atoms with E-state index in [4.69, 9.17) is 16.9 Å². The summed E-state index contributed by atoms with van der Waals surface area (Å²) in [5.74, 6) is -0.671. The summed E-state index contributed by atoms with van der Waals surface area (Å²) in [5.41, 5.74) is 9.80. The Kier molecular flexibility index (Phi) is 2.82. The number of nitrogens with one attached hydrogen (secondary N) is 1. The molecule has 0 fully saturated rings. The molecule has 7 heteroatoms. The summed E-state index contributed by atoms with van der Waals surface area (Å²) in [5, 5.41) is 9.99. The highest BCUT2D eigenvalue weighted by Crippen LogP contribution is 1.84. The van der Waals surface area contributed by atoms with E-state index in [1.165, 1.54) is 7.05 Å². The van der Waals surface area contributed by atoms with Crippen LogP contribution >= 0.6 is 0 Å². The van der Waals surface area contributed by atoms with Crippen LogP contribution in [-0.2, 0) is 0 Å². The Morgan fingerprint density at radius 2 is 2.10 bits per heavy atom. The Balaban J connectivity index is 4.10. The van der Waals surface area contributed by atoms with Crippen molar-refractivity contribution in [2.75, 3.05) is 7.05 Å². The Morgan fingerprint density at radius 3 is 2.40 bits per heavy atom. The number of rotatable bonds is 1. The van der Waals surface area contributed by atoms with Crippen molar-refractivity contribution in [3.8, 4) is 0 Å². The maximum Gasteiger partial charge on any atom is 0.244 e. The molecule has 0 rings (SSSR count). The number of nitroso groups, excluding NO2 is 1. The van der Waals surface area contributed by atoms with E-state index in [0.717, 1.165) is 0 Å². The van der Waals surface area contributed by atoms with E-state index in [2.05, 4.69) is 10.3 Å². The molecule has 56 valence electrons. The van der Waals surface area contributed by atoms with E-state index in [1.807, 2.05) is 0 Å². The molecular formula is C3H8N6O. The maximum absolute atomic E-state index is 9.71. The molecule has 7 nitrogen and oxygen atoms in total. The number of hydrogen-bond acceptors (Lipinski definition) is 3. The first kappa shape index (κ1) is 8.34. The Hall–Kier alpha value is -1.66. The highest BCUT2D eigenvalue weighted by molar-refractivity contribution is 5.91. The van der Waals surface area contributed by atoms with Crippen LogP contribution in [0.1, 0.15) is 0 Å². The Bertz CT molecular complexity index is 170. The van der Waals surface area contributed by atoms with Crippen LogP contribution in [0.4, 0.5) is 0 Å². The molecule has 0 bridgehead atoms. The van der Waals surface area contributed by atoms with Crippen LogP contribution in [0.15, 0.2) is 10.3 Å². The second-order valence-electron chi connectivity index (χ2n) is 1.47. The number of nitrogens with zero attached hydrogens (tertiary/aromatic N) is 3. The minimum atomic E-state index is -0.394. The first-order valence-electron chi connectivity index (χ1n) is 2.33. The van der Waals surface area contributed by atoms with Crippen LogP contribution in [0.5, 0.6) is 0 Å². The minimum Gasteiger partial charge on any atom is -0.370 e. The van der Waals surface area contributed by atoms with Gasteiger partial charge in [-0.3, -0.25) is 5.41 Å². The van der Waals surface area contributed by atoms with E-state index < -0.39 is 5.96 Å². The number of aliphatic imine (C=N–C) groups is 1. The van der Waals surface area contributed by atoms with E-state index in [1.54, 1.807) is 0 Å². The average Bonchev–Trinajstić information content (AvgIpc) is 1.85. The van der Waals surface area contributed by atoms with Gasteiger partial charge < -0.3 is 11.5 Å². The molecule has 0 aliphatic carbocycles. The third kappa shape index (κ3) is 2.60. The van der Waals surface area contributed by atoms with Crippen molar-refractivity contribution in [1.82, 2.24) is 5.01 Å². The maximum atomic E-state index is 9.71. The molecule has 0 amide bonds. The SMILES string of the molecule is CN(N=O)C(=N)N=C(N)N. The van der Waals surface area contributed by atoms with Gasteiger partial charge in [-0.15, -0.1) is 4.91 Å². The lowest BCUT2D eigenvalue weighted by Crippen LogP contribution is -2.27. The van der Waals surface area contributed by atoms with Crippen molar-refractivity contribution >= 4 is 11.9 Å². The molecule has 0 saturated heterocycles. The fourth-order valence-corrected chi connectivity index (χ4v) is 0.233. The van der Waals surface area contributed by atoms with Gasteiger partial charge in [0, 0.05) is 7.05 Å². The van der Waals surface area contributed by atoms with E-state index in [9.17, 15) is 4.91 Å². The van der Waals surface area contributed by atoms with Crippen molar-refractivity contribution in [2.24, 2.45) is 21.7 Å². The van der Waals surface area contributed by atoms with Crippen LogP contribution in [0.3, 0.4) is 0 Å². The topological polar surface area (TPSA) is 121 Å². The van der Waals surface area contributed by atoms with E-state index in [0.29, 0.717) is 5.01 Å². The molecule has 10 heavy (non-hydrogen) atoms. The van der Waals surface area contributed by atoms with Crippen LogP contribution in [0, 0.1) is 10.3 Å². The highest BCUT2D eigenvalue weighted by Gasteiger charge is 2.00. The molecule has 0 radical (unpaired) electrons. The summed E-state index contributed by atoms with van der Waals surface area (Å²) in [4.78, 5) is 12.9. The summed E-state index contributed by atoms with van der Waals surface area (Å²) in [6.45, 7) is 0. The third-order valence-corrected chi connectivity index (χ3v) is 0.664. The van der Waals surface area contributed by atoms with E-state index >= 15 is 0 Å². The van der Waals surface area contributed by atoms with Crippen LogP contribution in [0.25, 0.3) is 0 Å². The first-order chi connectivity index (χ1) is 4.57. The lowest BCUT2D eigenvalue weighted by atomic mass is 10.9. The standard InChI is InChI=1S/C3H8N6O/c1-9(8-10)3(6)7-2(4)5/h1H3,(H5,4,5,6,7). The summed E-state index contributed by atoms with van der Waals surface area (Å²) < 4.78 is 0. The zero-order valence-corrected chi connectivity index (χ0v) is 5.40. The summed E-state index contributed by atoms with van der Waals surface area (Å²) >= 11 is 0. The molecule has 0 atom stereocenters. The molecular weight excluding hydrogens is 136 g/mol. The summed E-state index contributed by atoms with van der Waals surface area (Å²) in [6, 6.07) is 0. The van der Waals surface area contributed by atoms with Gasteiger partial charge in [-0.2, -0.15) is 10.0 Å². The number of hydrogen-bond donors (Lipinski definition) is 3. The lowest BCUT2D eigenvalue weighted by molar-refractivity contribution is 0.526. The second-order valence-corrected chi connectivity index (χ2v) is 1.47. The van der Waals surface area contributed by atoms with Crippen molar-refractivity contribution in [2.45, 2.75) is 0 Å². The van der Waals surface area contributed by atoms with Gasteiger partial charge >= 0.3 is 0 Å². The van der Waals surface area contributed by atoms with Crippen molar-refractivity contribution in [1.29, 1.82) is 5.41 Å². The Labute approximate surface area is 57.2 Å². The van der Waals surface area contributed by atoms with Gasteiger partial charge in [0.1, 0.15) is 0 Å². The van der Waals surface area contributed by atoms with Crippen molar-refractivity contribution in [3.05, 3.63) is 4.91 Å². The fourth-order valence-electron chi connectivity index (χ4n) is 0.233. The molecule has 0 saturated carbocycles. The minimum absolute atomic E-state index is 0.277. The zero-order chi connectivity index (χ0) is 8.15. The smallest absolute Gasteiger partial charge is 0.244 e. The van der Waals surface area contributed by atoms with Gasteiger partial charge in [0.2, 0.25) is 5.96 Å². The second kappa shape index (κ2) is 3.38. The molecule has 0 unspecified atom stereocenters. The van der Waals surface area contributed by atoms with Crippen LogP contribution in [0.2, 0.25) is 0 Å². The summed E-state index contributed by atoms with van der Waals surface area (Å²) in [7, 11) is 1.27. The van der Waals surface area contributed by atoms with Gasteiger partial charge in [-0.05, 0) is 0 Å². The predicted molar refractivity (Wildman–Crippen MR) is 37.1 cm³/mol. The van der Waals surface area contributed by atoms with Gasteiger partial charge in [0.05, 0.1) is 5.29 Å². The van der Waals surface area contributed by atoms with Gasteiger partial charge in [0.25, 0.3) is 0 Å². The fraction of sp³-hybridized carbons (Fsp3) is 0.333. The molecule has 0 aromatic rings. The predicted octanol–water partition coefficient (Wildman–Crippen LogP) is -1.19. The average molecular weight is 144 g/mol. The largest absolute Gasteiger partial charge is 0.370 e. The van der Waals surface area contributed by atoms with Crippen LogP contribution < -0.4 is 11.5 Å². The van der Waals surface area contributed by atoms with Crippen molar-refractivity contribution < 1.29 is 0 Å². The van der Waals surface area contributed by atoms with Gasteiger partial charge in [-0.1, -0.05) is 0 Å². The van der Waals surface area contributed by atoms with Crippen molar-refractivity contribution in [3.63, 3.8) is 0 Å². The van der Waals surface area contributed by atoms with Gasteiger partial charge in [-0.25, -0.2) is 0 Å². The number of nitrogens with two attached hydrogens (primary N) is 2. The zero-order valence-electron chi connectivity index (χ0n) is 5.40. The molecule has 5 N–H and O–H groups in total. The monoisotopic (exact) mass is 144 g/mol. The van der Waals surface area contributed by atoms with E-state index in [-0.39, 0.29) is 5.96 Å². The molecule has 0 aromatic carbocycles. The van der Waals surface area contributed by atoms with Crippen LogP contribution in [-0.4, -0.2) is 24.0 Å². The third-order valence-electron chi connectivity index (χ3n) is 0.664. The highest BCUT2D eigenvalue weighted by atomic mass is 16.3. The molecule has 0 spiro atoms. The first-order valence-corrected chi connectivity index (χ1v) is 2.33. The molecule has 0 heterocycles.